The second kappa shape index (κ2) is 4.34. The number of benzene rings is 1. The van der Waals surface area contributed by atoms with Crippen LogP contribution in [0.5, 0.6) is 5.75 Å². The molecule has 0 atom stereocenters. The number of hydrogen-bond acceptors (Lipinski definition) is 4. The second-order valence-electron chi connectivity index (χ2n) is 2.16. The summed E-state index contributed by atoms with van der Waals surface area (Å²) in [6.07, 6.45) is 0. The minimum Gasteiger partial charge on any atom is -0.362 e. The molecule has 0 heterocycles. The van der Waals surface area contributed by atoms with Crippen molar-refractivity contribution < 1.29 is 25.6 Å². The molecule has 78 valence electrons. The zero-order chi connectivity index (χ0) is 10.6. The fourth-order valence-electron chi connectivity index (χ4n) is 0.703. The molecule has 14 heavy (non-hydrogen) atoms. The molecular weight excluding hydrogens is 218 g/mol. The Hall–Kier alpha value is -1.21. The van der Waals surface area contributed by atoms with E-state index in [1.165, 1.54) is 24.3 Å². The van der Waals surface area contributed by atoms with Crippen molar-refractivity contribution in [3.63, 3.8) is 0 Å². The third kappa shape index (κ3) is 3.67. The molecule has 0 amide bonds. The Balaban J connectivity index is 2.70. The van der Waals surface area contributed by atoms with E-state index in [0.29, 0.717) is 0 Å². The molecule has 0 fully saturated rings. The molecule has 0 saturated carbocycles. The van der Waals surface area contributed by atoms with E-state index in [0.717, 1.165) is 0 Å². The van der Waals surface area contributed by atoms with Gasteiger partial charge in [0, 0.05) is 0 Å². The molecule has 1 aromatic rings. The van der Waals surface area contributed by atoms with Crippen LogP contribution < -0.4 is 4.18 Å². The lowest BCUT2D eigenvalue weighted by atomic mass is 10.3. The highest BCUT2D eigenvalue weighted by Gasteiger charge is 2.19. The summed E-state index contributed by atoms with van der Waals surface area (Å²) < 4.78 is 51.9. The van der Waals surface area contributed by atoms with Gasteiger partial charge in [0.1, 0.15) is 5.75 Å². The Labute approximate surface area is 79.4 Å². The summed E-state index contributed by atoms with van der Waals surface area (Å²) in [5, 5.41) is 0. The summed E-state index contributed by atoms with van der Waals surface area (Å²) in [4.78, 5) is 0. The fraction of sp³-hybridized carbons (Fsp3) is 0.143. The number of para-hydroxylation sites is 1. The van der Waals surface area contributed by atoms with E-state index < -0.39 is 17.0 Å². The van der Waals surface area contributed by atoms with Crippen LogP contribution in [-0.2, 0) is 14.6 Å². The largest absolute Gasteiger partial charge is 0.453 e. The van der Waals surface area contributed by atoms with Gasteiger partial charge in [-0.2, -0.15) is 21.4 Å². The molecule has 0 spiro atoms. The van der Waals surface area contributed by atoms with Crippen molar-refractivity contribution in [3.05, 3.63) is 30.3 Å². The maximum Gasteiger partial charge on any atom is 0.453 e. The molecular formula is C7H6F2O4S. The van der Waals surface area contributed by atoms with Crippen LogP contribution >= 0.6 is 0 Å². The van der Waals surface area contributed by atoms with E-state index in [9.17, 15) is 17.2 Å². The van der Waals surface area contributed by atoms with E-state index in [1.807, 2.05) is 0 Å². The normalized spacial score (nSPS) is 11.6. The smallest absolute Gasteiger partial charge is 0.362 e. The number of halogens is 2. The molecule has 0 aromatic heterocycles. The van der Waals surface area contributed by atoms with Crippen LogP contribution in [0.1, 0.15) is 0 Å². The molecule has 0 aliphatic carbocycles. The first kappa shape index (κ1) is 10.9. The van der Waals surface area contributed by atoms with Gasteiger partial charge < -0.3 is 4.18 Å². The predicted molar refractivity (Wildman–Crippen MR) is 43.1 cm³/mol. The molecule has 0 bridgehead atoms. The van der Waals surface area contributed by atoms with Gasteiger partial charge in [0.2, 0.25) is 0 Å². The number of rotatable bonds is 4. The quantitative estimate of drug-likeness (QED) is 0.778. The van der Waals surface area contributed by atoms with Crippen molar-refractivity contribution in [2.75, 3.05) is 0 Å². The van der Waals surface area contributed by atoms with Crippen molar-refractivity contribution in [3.8, 4) is 5.75 Å². The monoisotopic (exact) mass is 224 g/mol. The molecule has 1 rings (SSSR count). The lowest BCUT2D eigenvalue weighted by molar-refractivity contribution is -0.0506. The Kier molecular flexibility index (Phi) is 3.37. The molecule has 0 aliphatic heterocycles. The third-order valence-electron chi connectivity index (χ3n) is 1.13. The van der Waals surface area contributed by atoms with Gasteiger partial charge in [-0.15, -0.1) is 0 Å². The van der Waals surface area contributed by atoms with Crippen molar-refractivity contribution in [1.29, 1.82) is 0 Å². The minimum atomic E-state index is -4.68. The minimum absolute atomic E-state index is 0.0897. The van der Waals surface area contributed by atoms with E-state index >= 15 is 0 Å². The molecule has 0 saturated heterocycles. The van der Waals surface area contributed by atoms with Gasteiger partial charge in [-0.1, -0.05) is 18.2 Å². The van der Waals surface area contributed by atoms with E-state index in [2.05, 4.69) is 8.37 Å². The fourth-order valence-corrected chi connectivity index (χ4v) is 1.27. The maximum atomic E-state index is 11.6. The van der Waals surface area contributed by atoms with E-state index in [-0.39, 0.29) is 5.75 Å². The summed E-state index contributed by atoms with van der Waals surface area (Å²) >= 11 is 0. The molecule has 1 aromatic carbocycles. The lowest BCUT2D eigenvalue weighted by Crippen LogP contribution is -2.16. The van der Waals surface area contributed by atoms with E-state index in [4.69, 9.17) is 0 Å². The predicted octanol–water partition coefficient (Wildman–Crippen LogP) is 1.55. The Morgan fingerprint density at radius 1 is 1.14 bits per heavy atom. The summed E-state index contributed by atoms with van der Waals surface area (Å²) in [5.41, 5.74) is 0. The van der Waals surface area contributed by atoms with Crippen molar-refractivity contribution >= 4 is 10.4 Å². The first-order valence-corrected chi connectivity index (χ1v) is 4.79. The van der Waals surface area contributed by atoms with Gasteiger partial charge in [0.25, 0.3) is 0 Å². The lowest BCUT2D eigenvalue weighted by Gasteiger charge is -2.04. The van der Waals surface area contributed by atoms with Crippen LogP contribution in [0.15, 0.2) is 30.3 Å². The van der Waals surface area contributed by atoms with Crippen molar-refractivity contribution in [2.24, 2.45) is 0 Å². The SMILES string of the molecule is O=S(=O)(Oc1ccccc1)OC(F)F. The maximum absolute atomic E-state index is 11.6. The van der Waals surface area contributed by atoms with Gasteiger partial charge in [-0.25, -0.2) is 0 Å². The Bertz CT molecular complexity index is 376. The van der Waals surface area contributed by atoms with E-state index in [1.54, 1.807) is 6.07 Å². The Morgan fingerprint density at radius 2 is 1.71 bits per heavy atom. The molecule has 7 heteroatoms. The van der Waals surface area contributed by atoms with Gasteiger partial charge >= 0.3 is 17.0 Å². The zero-order valence-electron chi connectivity index (χ0n) is 6.76. The van der Waals surface area contributed by atoms with Crippen LogP contribution in [0.4, 0.5) is 8.78 Å². The third-order valence-corrected chi connectivity index (χ3v) is 1.91. The first-order valence-electron chi connectivity index (χ1n) is 3.45. The summed E-state index contributed by atoms with van der Waals surface area (Å²) in [5.74, 6) is -0.0897. The average molecular weight is 224 g/mol. The van der Waals surface area contributed by atoms with Crippen molar-refractivity contribution in [1.82, 2.24) is 0 Å². The van der Waals surface area contributed by atoms with Gasteiger partial charge in [-0.3, -0.25) is 0 Å². The molecule has 4 nitrogen and oxygen atoms in total. The molecule has 0 aliphatic rings. The number of alkyl halides is 2. The van der Waals surface area contributed by atoms with Crippen LogP contribution in [-0.4, -0.2) is 15.0 Å². The van der Waals surface area contributed by atoms with Crippen LogP contribution in [0.2, 0.25) is 0 Å². The highest BCUT2D eigenvalue weighted by Crippen LogP contribution is 2.13. The van der Waals surface area contributed by atoms with Gasteiger partial charge in [-0.05, 0) is 12.1 Å². The standard InChI is InChI=1S/C7H6F2O4S/c8-7(9)13-14(10,11)12-6-4-2-1-3-5-6/h1-5,7H. The van der Waals surface area contributed by atoms with Gasteiger partial charge in [0.15, 0.2) is 0 Å². The second-order valence-corrected chi connectivity index (χ2v) is 3.34. The highest BCUT2D eigenvalue weighted by atomic mass is 32.3. The summed E-state index contributed by atoms with van der Waals surface area (Å²) in [6, 6.07) is 7.20. The molecule has 0 N–H and O–H groups in total. The zero-order valence-corrected chi connectivity index (χ0v) is 7.58. The average Bonchev–Trinajstić information content (AvgIpc) is 2.02. The highest BCUT2D eigenvalue weighted by molar-refractivity contribution is 7.82. The number of hydrogen-bond donors (Lipinski definition) is 0. The summed E-state index contributed by atoms with van der Waals surface area (Å²) in [7, 11) is -4.68. The van der Waals surface area contributed by atoms with Crippen LogP contribution in [0, 0.1) is 0 Å². The Morgan fingerprint density at radius 3 is 2.21 bits per heavy atom. The summed E-state index contributed by atoms with van der Waals surface area (Å²) in [6.45, 7) is -3.43. The van der Waals surface area contributed by atoms with Gasteiger partial charge in [0.05, 0.1) is 0 Å². The van der Waals surface area contributed by atoms with Crippen LogP contribution in [0.25, 0.3) is 0 Å². The molecule has 0 unspecified atom stereocenters. The van der Waals surface area contributed by atoms with Crippen molar-refractivity contribution in [2.45, 2.75) is 6.61 Å². The van der Waals surface area contributed by atoms with Crippen LogP contribution in [0.3, 0.4) is 0 Å². The topological polar surface area (TPSA) is 52.6 Å². The molecule has 0 radical (unpaired) electrons. The first-order chi connectivity index (χ1) is 6.49.